The van der Waals surface area contributed by atoms with Crippen molar-refractivity contribution in [3.8, 4) is 5.75 Å². The van der Waals surface area contributed by atoms with Crippen LogP contribution >= 0.6 is 0 Å². The molecule has 6 heteroatoms. The van der Waals surface area contributed by atoms with Gasteiger partial charge in [-0.2, -0.15) is 0 Å². The van der Waals surface area contributed by atoms with Crippen LogP contribution in [0.5, 0.6) is 5.75 Å². The van der Waals surface area contributed by atoms with E-state index in [4.69, 9.17) is 4.74 Å². The summed E-state index contributed by atoms with van der Waals surface area (Å²) in [6.07, 6.45) is 0.659. The third-order valence-corrected chi connectivity index (χ3v) is 4.87. The van der Waals surface area contributed by atoms with E-state index >= 15 is 0 Å². The van der Waals surface area contributed by atoms with E-state index in [2.05, 4.69) is 9.71 Å². The predicted molar refractivity (Wildman–Crippen MR) is 86.8 cm³/mol. The van der Waals surface area contributed by atoms with Crippen LogP contribution in [0, 0.1) is 13.8 Å². The maximum Gasteiger partial charge on any atom is 0.240 e. The van der Waals surface area contributed by atoms with E-state index in [1.54, 1.807) is 24.3 Å². The van der Waals surface area contributed by atoms with Gasteiger partial charge in [0, 0.05) is 17.9 Å². The van der Waals surface area contributed by atoms with Crippen LogP contribution in [-0.2, 0) is 16.4 Å². The minimum Gasteiger partial charge on any atom is -0.494 e. The van der Waals surface area contributed by atoms with Gasteiger partial charge in [0.05, 0.1) is 11.5 Å². The minimum atomic E-state index is -3.48. The highest BCUT2D eigenvalue weighted by Gasteiger charge is 2.13. The molecule has 0 spiro atoms. The van der Waals surface area contributed by atoms with Gasteiger partial charge in [0.15, 0.2) is 0 Å². The lowest BCUT2D eigenvalue weighted by Gasteiger charge is -2.08. The summed E-state index contributed by atoms with van der Waals surface area (Å²) in [5, 5.41) is 0. The number of rotatable bonds is 7. The Hall–Kier alpha value is -1.79. The van der Waals surface area contributed by atoms with Gasteiger partial charge in [-0.1, -0.05) is 0 Å². The fourth-order valence-corrected chi connectivity index (χ4v) is 3.36. The normalized spacial score (nSPS) is 11.6. The number of aromatic nitrogens is 1. The van der Waals surface area contributed by atoms with Gasteiger partial charge in [0.2, 0.25) is 10.0 Å². The first-order valence-electron chi connectivity index (χ1n) is 7.30. The van der Waals surface area contributed by atoms with Crippen LogP contribution in [0.4, 0.5) is 0 Å². The van der Waals surface area contributed by atoms with Gasteiger partial charge in [0.1, 0.15) is 5.75 Å². The highest BCUT2D eigenvalue weighted by molar-refractivity contribution is 7.89. The second-order valence-electron chi connectivity index (χ2n) is 5.15. The lowest BCUT2D eigenvalue weighted by atomic mass is 10.2. The monoisotopic (exact) mass is 322 g/mol. The first-order chi connectivity index (χ1) is 10.4. The maximum atomic E-state index is 12.2. The largest absolute Gasteiger partial charge is 0.494 e. The Morgan fingerprint density at radius 3 is 2.41 bits per heavy atom. The Morgan fingerprint density at radius 2 is 1.86 bits per heavy atom. The van der Waals surface area contributed by atoms with Crippen LogP contribution in [0.15, 0.2) is 35.2 Å². The van der Waals surface area contributed by atoms with Crippen molar-refractivity contribution in [2.24, 2.45) is 0 Å². The summed E-state index contributed by atoms with van der Waals surface area (Å²) in [7, 11) is -3.48. The molecule has 1 heterocycles. The number of ether oxygens (including phenoxy) is 1. The molecule has 0 unspecified atom stereocenters. The number of aromatic amines is 1. The first-order valence-corrected chi connectivity index (χ1v) is 8.78. The molecule has 0 aliphatic heterocycles. The molecule has 0 radical (unpaired) electrons. The Labute approximate surface area is 131 Å². The average Bonchev–Trinajstić information content (AvgIpc) is 2.78. The molecule has 0 saturated carbocycles. The summed E-state index contributed by atoms with van der Waals surface area (Å²) in [4.78, 5) is 3.46. The molecule has 120 valence electrons. The smallest absolute Gasteiger partial charge is 0.240 e. The second kappa shape index (κ2) is 6.98. The van der Waals surface area contributed by atoms with Crippen molar-refractivity contribution in [1.29, 1.82) is 0 Å². The van der Waals surface area contributed by atoms with E-state index in [0.29, 0.717) is 25.3 Å². The SMILES string of the molecule is CCOc1ccc(S(=O)(=O)NCCc2cc(C)[nH]c2C)cc1. The fourth-order valence-electron chi connectivity index (χ4n) is 2.33. The molecule has 2 aromatic rings. The van der Waals surface area contributed by atoms with Crippen molar-refractivity contribution in [2.45, 2.75) is 32.1 Å². The maximum absolute atomic E-state index is 12.2. The van der Waals surface area contributed by atoms with Gasteiger partial charge in [-0.15, -0.1) is 0 Å². The van der Waals surface area contributed by atoms with Crippen molar-refractivity contribution in [3.05, 3.63) is 47.3 Å². The second-order valence-corrected chi connectivity index (χ2v) is 6.92. The predicted octanol–water partition coefficient (Wildman–Crippen LogP) is 2.55. The van der Waals surface area contributed by atoms with Crippen LogP contribution < -0.4 is 9.46 Å². The lowest BCUT2D eigenvalue weighted by molar-refractivity contribution is 0.340. The molecule has 2 rings (SSSR count). The van der Waals surface area contributed by atoms with E-state index < -0.39 is 10.0 Å². The van der Waals surface area contributed by atoms with Crippen molar-refractivity contribution in [1.82, 2.24) is 9.71 Å². The lowest BCUT2D eigenvalue weighted by Crippen LogP contribution is -2.26. The summed E-state index contributed by atoms with van der Waals surface area (Å²) < 4.78 is 32.4. The molecule has 22 heavy (non-hydrogen) atoms. The number of hydrogen-bond acceptors (Lipinski definition) is 3. The number of nitrogens with one attached hydrogen (secondary N) is 2. The van der Waals surface area contributed by atoms with E-state index in [1.807, 2.05) is 26.8 Å². The molecule has 0 bridgehead atoms. The number of benzene rings is 1. The van der Waals surface area contributed by atoms with Gasteiger partial charge in [-0.25, -0.2) is 13.1 Å². The van der Waals surface area contributed by atoms with Crippen LogP contribution in [0.25, 0.3) is 0 Å². The van der Waals surface area contributed by atoms with Crippen molar-refractivity contribution < 1.29 is 13.2 Å². The van der Waals surface area contributed by atoms with Crippen LogP contribution in [0.3, 0.4) is 0 Å². The standard InChI is InChI=1S/C16H22N2O3S/c1-4-21-15-5-7-16(8-6-15)22(19,20)17-10-9-14-11-12(2)18-13(14)3/h5-8,11,17-18H,4,9-10H2,1-3H3. The number of aryl methyl sites for hydroxylation is 2. The number of H-pyrrole nitrogens is 1. The van der Waals surface area contributed by atoms with E-state index in [0.717, 1.165) is 17.0 Å². The first kappa shape index (κ1) is 16.6. The van der Waals surface area contributed by atoms with Crippen molar-refractivity contribution in [3.63, 3.8) is 0 Å². The van der Waals surface area contributed by atoms with Gasteiger partial charge in [-0.3, -0.25) is 0 Å². The minimum absolute atomic E-state index is 0.248. The molecule has 0 atom stereocenters. The molecule has 1 aromatic heterocycles. The molecule has 0 amide bonds. The molecule has 2 N–H and O–H groups in total. The highest BCUT2D eigenvalue weighted by Crippen LogP contribution is 2.16. The topological polar surface area (TPSA) is 71.2 Å². The third kappa shape index (κ3) is 4.11. The molecule has 5 nitrogen and oxygen atoms in total. The Balaban J connectivity index is 1.97. The van der Waals surface area contributed by atoms with Crippen molar-refractivity contribution in [2.75, 3.05) is 13.2 Å². The molecule has 0 fully saturated rings. The Kier molecular flexibility index (Phi) is 5.26. The number of hydrogen-bond donors (Lipinski definition) is 2. The van der Waals surface area contributed by atoms with Gasteiger partial charge < -0.3 is 9.72 Å². The van der Waals surface area contributed by atoms with Crippen LogP contribution in [0.2, 0.25) is 0 Å². The zero-order valence-electron chi connectivity index (χ0n) is 13.1. The summed E-state index contributed by atoms with van der Waals surface area (Å²) in [5.41, 5.74) is 3.30. The van der Waals surface area contributed by atoms with Crippen molar-refractivity contribution >= 4 is 10.0 Å². The van der Waals surface area contributed by atoms with E-state index in [9.17, 15) is 8.42 Å². The molecular weight excluding hydrogens is 300 g/mol. The quantitative estimate of drug-likeness (QED) is 0.823. The zero-order chi connectivity index (χ0) is 16.2. The Bertz CT molecular complexity index is 718. The van der Waals surface area contributed by atoms with Crippen LogP contribution in [0.1, 0.15) is 23.9 Å². The van der Waals surface area contributed by atoms with Gasteiger partial charge in [-0.05, 0) is 63.1 Å². The zero-order valence-corrected chi connectivity index (χ0v) is 14.0. The van der Waals surface area contributed by atoms with E-state index in [-0.39, 0.29) is 4.90 Å². The fraction of sp³-hybridized carbons (Fsp3) is 0.375. The molecule has 0 aliphatic rings. The van der Waals surface area contributed by atoms with E-state index in [1.165, 1.54) is 0 Å². The average molecular weight is 322 g/mol. The van der Waals surface area contributed by atoms with Gasteiger partial charge in [0.25, 0.3) is 0 Å². The third-order valence-electron chi connectivity index (χ3n) is 3.39. The molecule has 0 saturated heterocycles. The summed E-state index contributed by atoms with van der Waals surface area (Å²) >= 11 is 0. The summed E-state index contributed by atoms with van der Waals surface area (Å²) in [6, 6.07) is 8.48. The molecule has 1 aromatic carbocycles. The highest BCUT2D eigenvalue weighted by atomic mass is 32.2. The Morgan fingerprint density at radius 1 is 1.18 bits per heavy atom. The molecule has 0 aliphatic carbocycles. The summed E-state index contributed by atoms with van der Waals surface area (Å²) in [5.74, 6) is 0.667. The van der Waals surface area contributed by atoms with Gasteiger partial charge >= 0.3 is 0 Å². The van der Waals surface area contributed by atoms with Crippen LogP contribution in [-0.4, -0.2) is 26.6 Å². The molecular formula is C16H22N2O3S. The summed E-state index contributed by atoms with van der Waals surface area (Å²) in [6.45, 7) is 6.79. The number of sulfonamides is 1.